The molecule has 0 amide bonds. The molecule has 0 heterocycles. The summed E-state index contributed by atoms with van der Waals surface area (Å²) in [4.78, 5) is 10.2. The lowest BCUT2D eigenvalue weighted by atomic mass is 10.3. The average molecular weight is 236 g/mol. The third-order valence-corrected chi connectivity index (χ3v) is 1.85. The van der Waals surface area contributed by atoms with Gasteiger partial charge in [-0.15, -0.1) is 0 Å². The van der Waals surface area contributed by atoms with Crippen molar-refractivity contribution in [3.05, 3.63) is 0 Å². The van der Waals surface area contributed by atoms with E-state index >= 15 is 0 Å². The number of ether oxygens (including phenoxy) is 3. The summed E-state index contributed by atoms with van der Waals surface area (Å²) in [5.74, 6) is 0. The van der Waals surface area contributed by atoms with E-state index in [0.29, 0.717) is 19.8 Å². The first-order valence-corrected chi connectivity index (χ1v) is 5.73. The van der Waals surface area contributed by atoms with Crippen LogP contribution in [0.1, 0.15) is 26.2 Å². The Labute approximate surface area is 96.7 Å². The van der Waals surface area contributed by atoms with Crippen molar-refractivity contribution in [1.82, 2.24) is 0 Å². The molecule has 0 aliphatic heterocycles. The monoisotopic (exact) mass is 236 g/mol. The zero-order valence-electron chi connectivity index (χ0n) is 9.24. The molecule has 5 heteroatoms. The lowest BCUT2D eigenvalue weighted by Gasteiger charge is -2.05. The number of hydrogen-bond acceptors (Lipinski definition) is 4. The Morgan fingerprint density at radius 3 is 2.20 bits per heavy atom. The molecule has 0 fully saturated rings. The fraction of sp³-hybridized carbons (Fsp3) is 0.900. The third-order valence-electron chi connectivity index (χ3n) is 1.72. The van der Waals surface area contributed by atoms with E-state index < -0.39 is 5.30 Å². The summed E-state index contributed by atoms with van der Waals surface area (Å²) in [6.07, 6.45) is 3.52. The molecule has 0 rings (SSSR count). The van der Waals surface area contributed by atoms with Crippen LogP contribution in [0.2, 0.25) is 0 Å². The van der Waals surface area contributed by atoms with E-state index in [1.807, 2.05) is 0 Å². The molecule has 0 unspecified atom stereocenters. The highest BCUT2D eigenvalue weighted by Gasteiger charge is 1.93. The van der Waals surface area contributed by atoms with Gasteiger partial charge in [-0.1, -0.05) is 32.4 Å². The lowest BCUT2D eigenvalue weighted by molar-refractivity contribution is 0.0304. The fourth-order valence-electron chi connectivity index (χ4n) is 0.964. The normalized spacial score (nSPS) is 10.3. The molecule has 0 atom stereocenters. The van der Waals surface area contributed by atoms with Crippen molar-refractivity contribution in [2.24, 2.45) is 0 Å². The third kappa shape index (κ3) is 13.7. The fourth-order valence-corrected chi connectivity index (χ4v) is 1.06. The van der Waals surface area contributed by atoms with Crippen LogP contribution < -0.4 is 0 Å². The standard InChI is InChI=1S/C10H20O4S/c1-2-3-4-5-12-6-7-13-8-9-14-10(11)15/h2-9H2,1H3,(H,11,15). The molecule has 15 heavy (non-hydrogen) atoms. The van der Waals surface area contributed by atoms with E-state index in [0.717, 1.165) is 13.0 Å². The molecule has 90 valence electrons. The Morgan fingerprint density at radius 2 is 1.60 bits per heavy atom. The van der Waals surface area contributed by atoms with Gasteiger partial charge in [0, 0.05) is 6.61 Å². The summed E-state index contributed by atoms with van der Waals surface area (Å²) >= 11 is 3.45. The first-order valence-electron chi connectivity index (χ1n) is 5.28. The highest BCUT2D eigenvalue weighted by molar-refractivity contribution is 7.96. The topological polar surface area (TPSA) is 44.8 Å². The second-order valence-corrected chi connectivity index (χ2v) is 3.41. The maximum atomic E-state index is 10.2. The maximum absolute atomic E-state index is 10.2. The largest absolute Gasteiger partial charge is 0.455 e. The van der Waals surface area contributed by atoms with Crippen molar-refractivity contribution >= 4 is 17.9 Å². The Balaban J connectivity index is 2.89. The van der Waals surface area contributed by atoms with E-state index in [-0.39, 0.29) is 6.61 Å². The van der Waals surface area contributed by atoms with Gasteiger partial charge in [0.2, 0.25) is 0 Å². The highest BCUT2D eigenvalue weighted by atomic mass is 32.1. The molecular weight excluding hydrogens is 216 g/mol. The zero-order chi connectivity index (χ0) is 11.4. The quantitative estimate of drug-likeness (QED) is 0.359. The van der Waals surface area contributed by atoms with Crippen LogP contribution in [0.3, 0.4) is 0 Å². The number of unbranched alkanes of at least 4 members (excludes halogenated alkanes) is 2. The molecule has 0 saturated heterocycles. The minimum absolute atomic E-state index is 0.248. The van der Waals surface area contributed by atoms with Crippen LogP contribution in [0.15, 0.2) is 0 Å². The van der Waals surface area contributed by atoms with Crippen molar-refractivity contribution in [3.8, 4) is 0 Å². The average Bonchev–Trinajstić information content (AvgIpc) is 2.20. The molecule has 0 aliphatic rings. The van der Waals surface area contributed by atoms with Crippen LogP contribution in [0, 0.1) is 0 Å². The van der Waals surface area contributed by atoms with Gasteiger partial charge in [0.15, 0.2) is 0 Å². The first-order chi connectivity index (χ1) is 7.27. The van der Waals surface area contributed by atoms with Gasteiger partial charge in [0.25, 0.3) is 0 Å². The molecule has 0 radical (unpaired) electrons. The van der Waals surface area contributed by atoms with Crippen LogP contribution in [-0.2, 0) is 14.2 Å². The Morgan fingerprint density at radius 1 is 1.00 bits per heavy atom. The number of hydrogen-bond donors (Lipinski definition) is 1. The molecule has 4 nitrogen and oxygen atoms in total. The van der Waals surface area contributed by atoms with Crippen molar-refractivity contribution in [1.29, 1.82) is 0 Å². The van der Waals surface area contributed by atoms with Gasteiger partial charge in [-0.3, -0.25) is 0 Å². The predicted octanol–water partition coefficient (Wildman–Crippen LogP) is 2.28. The van der Waals surface area contributed by atoms with E-state index in [4.69, 9.17) is 9.47 Å². The van der Waals surface area contributed by atoms with Crippen LogP contribution >= 0.6 is 12.6 Å². The van der Waals surface area contributed by atoms with Gasteiger partial charge in [0.05, 0.1) is 19.8 Å². The molecule has 0 aromatic carbocycles. The number of thiol groups is 1. The molecule has 0 aromatic rings. The first kappa shape index (κ1) is 14.7. The number of rotatable bonds is 10. The van der Waals surface area contributed by atoms with Crippen LogP contribution in [0.25, 0.3) is 0 Å². The highest BCUT2D eigenvalue weighted by Crippen LogP contribution is 1.93. The summed E-state index contributed by atoms with van der Waals surface area (Å²) < 4.78 is 15.0. The van der Waals surface area contributed by atoms with Crippen molar-refractivity contribution in [3.63, 3.8) is 0 Å². The van der Waals surface area contributed by atoms with Crippen LogP contribution in [-0.4, -0.2) is 38.3 Å². The van der Waals surface area contributed by atoms with Gasteiger partial charge in [-0.2, -0.15) is 0 Å². The van der Waals surface area contributed by atoms with Crippen molar-refractivity contribution < 1.29 is 19.0 Å². The lowest BCUT2D eigenvalue weighted by Crippen LogP contribution is -2.10. The summed E-state index contributed by atoms with van der Waals surface area (Å²) in [5, 5.41) is -0.575. The second-order valence-electron chi connectivity index (χ2n) is 3.05. The SMILES string of the molecule is CCCCCOCCOCCOC(=O)S. The van der Waals surface area contributed by atoms with Gasteiger partial charge in [-0.05, 0) is 6.42 Å². The van der Waals surface area contributed by atoms with E-state index in [1.54, 1.807) is 0 Å². The molecule has 0 N–H and O–H groups in total. The Kier molecular flexibility index (Phi) is 11.6. The van der Waals surface area contributed by atoms with Gasteiger partial charge >= 0.3 is 5.30 Å². The minimum atomic E-state index is -0.575. The maximum Gasteiger partial charge on any atom is 0.364 e. The van der Waals surface area contributed by atoms with Gasteiger partial charge in [-0.25, -0.2) is 4.79 Å². The van der Waals surface area contributed by atoms with Crippen LogP contribution in [0.4, 0.5) is 4.79 Å². The van der Waals surface area contributed by atoms with Gasteiger partial charge < -0.3 is 14.2 Å². The molecule has 0 bridgehead atoms. The van der Waals surface area contributed by atoms with Crippen molar-refractivity contribution in [2.45, 2.75) is 26.2 Å². The molecule has 0 aliphatic carbocycles. The number of carbonyl (C=O) groups is 1. The van der Waals surface area contributed by atoms with E-state index in [1.165, 1.54) is 12.8 Å². The van der Waals surface area contributed by atoms with Crippen LogP contribution in [0.5, 0.6) is 0 Å². The van der Waals surface area contributed by atoms with E-state index in [9.17, 15) is 4.79 Å². The molecule has 0 spiro atoms. The second kappa shape index (κ2) is 11.8. The van der Waals surface area contributed by atoms with Crippen molar-refractivity contribution in [2.75, 3.05) is 33.0 Å². The summed E-state index contributed by atoms with van der Waals surface area (Å²) in [6, 6.07) is 0. The summed E-state index contributed by atoms with van der Waals surface area (Å²) in [5.41, 5.74) is 0. The summed E-state index contributed by atoms with van der Waals surface area (Å²) in [6.45, 7) is 4.73. The zero-order valence-corrected chi connectivity index (χ0v) is 10.1. The van der Waals surface area contributed by atoms with E-state index in [2.05, 4.69) is 24.3 Å². The molecule has 0 saturated carbocycles. The Bertz CT molecular complexity index is 152. The molecular formula is C10H20O4S. The minimum Gasteiger partial charge on any atom is -0.455 e. The Hall–Kier alpha value is -0.260. The van der Waals surface area contributed by atoms with Gasteiger partial charge in [0.1, 0.15) is 6.61 Å². The predicted molar refractivity (Wildman–Crippen MR) is 61.5 cm³/mol. The smallest absolute Gasteiger partial charge is 0.364 e. The number of carbonyl (C=O) groups excluding carboxylic acids is 1. The molecule has 0 aromatic heterocycles. The summed E-state index contributed by atoms with van der Waals surface area (Å²) in [7, 11) is 0.